The largest absolute Gasteiger partial charge is 0.311 e. The quantitative estimate of drug-likeness (QED) is 0.164. The monoisotopic (exact) mass is 662 g/mol. The van der Waals surface area contributed by atoms with Crippen molar-refractivity contribution >= 4 is 39.7 Å². The topological polar surface area (TPSA) is 6.48 Å². The van der Waals surface area contributed by atoms with Crippen molar-refractivity contribution in [2.24, 2.45) is 0 Å². The lowest BCUT2D eigenvalue weighted by Crippen LogP contribution is -2.27. The van der Waals surface area contributed by atoms with Gasteiger partial charge in [-0.3, -0.25) is 0 Å². The van der Waals surface area contributed by atoms with Crippen LogP contribution >= 0.6 is 0 Å². The van der Waals surface area contributed by atoms with Crippen LogP contribution in [-0.2, 0) is 5.41 Å². The van der Waals surface area contributed by atoms with Crippen molar-refractivity contribution < 1.29 is 0 Å². The molecule has 0 N–H and O–H groups in total. The third-order valence-corrected chi connectivity index (χ3v) is 10.8. The standard InChI is InChI=1S/C50H34N2/c1-5-17-36(18-6-1)51(37-19-7-2-8-20-37)39-29-31-40(32-30-39)52(38-21-9-3-10-22-38)41-33-34-45-44-25-14-16-28-48(44)50(49(45)35-41)46-26-12-4-11-23-42(46)43-24-13-15-27-47(43)50/h1-3,5-11,13-25,27-35H,26H2. The lowest BCUT2D eigenvalue weighted by molar-refractivity contribution is 0.750. The molecule has 0 radical (unpaired) electrons. The van der Waals surface area contributed by atoms with E-state index in [1.54, 1.807) is 0 Å². The van der Waals surface area contributed by atoms with Gasteiger partial charge in [0.25, 0.3) is 0 Å². The van der Waals surface area contributed by atoms with Gasteiger partial charge in [0, 0.05) is 40.5 Å². The number of fused-ring (bicyclic) bond motifs is 9. The zero-order valence-corrected chi connectivity index (χ0v) is 28.6. The maximum atomic E-state index is 3.48. The Morgan fingerprint density at radius 2 is 0.846 bits per heavy atom. The maximum absolute atomic E-state index is 3.48. The summed E-state index contributed by atoms with van der Waals surface area (Å²) < 4.78 is 0. The van der Waals surface area contributed by atoms with Gasteiger partial charge in [0.2, 0.25) is 0 Å². The minimum atomic E-state index is -0.421. The van der Waals surface area contributed by atoms with E-state index in [0.29, 0.717) is 0 Å². The van der Waals surface area contributed by atoms with Crippen molar-refractivity contribution in [3.8, 4) is 23.0 Å². The Hall–Kier alpha value is -6.82. The van der Waals surface area contributed by atoms with Gasteiger partial charge in [-0.2, -0.15) is 0 Å². The summed E-state index contributed by atoms with van der Waals surface area (Å²) in [6.45, 7) is 0. The molecule has 7 aromatic carbocycles. The molecule has 1 unspecified atom stereocenters. The van der Waals surface area contributed by atoms with Gasteiger partial charge in [-0.25, -0.2) is 0 Å². The SMILES string of the molecule is C1#CCC2=C(C=C1)c1ccccc1C21c2ccccc2-c2ccc(N(c3ccccc3)c3ccc(N(c4ccccc4)c4ccccc4)cc3)cc21. The van der Waals surface area contributed by atoms with Crippen LogP contribution in [-0.4, -0.2) is 0 Å². The van der Waals surface area contributed by atoms with Crippen LogP contribution in [0.3, 0.4) is 0 Å². The fraction of sp³-hybridized carbons (Fsp3) is 0.0400. The van der Waals surface area contributed by atoms with E-state index in [1.807, 2.05) is 6.08 Å². The molecule has 0 aromatic heterocycles. The van der Waals surface area contributed by atoms with Crippen LogP contribution in [0, 0.1) is 11.8 Å². The third kappa shape index (κ3) is 4.53. The number of anilines is 6. The van der Waals surface area contributed by atoms with E-state index in [2.05, 4.69) is 210 Å². The molecule has 0 fully saturated rings. The zero-order chi connectivity index (χ0) is 34.5. The van der Waals surface area contributed by atoms with E-state index in [1.165, 1.54) is 44.5 Å². The normalized spacial score (nSPS) is 15.9. The van der Waals surface area contributed by atoms with Crippen molar-refractivity contribution in [2.45, 2.75) is 11.8 Å². The molecule has 2 nitrogen and oxygen atoms in total. The zero-order valence-electron chi connectivity index (χ0n) is 28.6. The molecule has 244 valence electrons. The summed E-state index contributed by atoms with van der Waals surface area (Å²) in [4.78, 5) is 4.69. The Bertz CT molecular complexity index is 2550. The molecular weight excluding hydrogens is 629 g/mol. The number of hydrogen-bond acceptors (Lipinski definition) is 2. The summed E-state index contributed by atoms with van der Waals surface area (Å²) in [5.41, 5.74) is 16.8. The molecule has 2 heteroatoms. The maximum Gasteiger partial charge on any atom is 0.0698 e. The van der Waals surface area contributed by atoms with Crippen molar-refractivity contribution in [2.75, 3.05) is 9.80 Å². The van der Waals surface area contributed by atoms with Crippen molar-refractivity contribution in [3.05, 3.63) is 222 Å². The molecule has 52 heavy (non-hydrogen) atoms. The van der Waals surface area contributed by atoms with Crippen LogP contribution in [0.1, 0.15) is 28.7 Å². The number of para-hydroxylation sites is 3. The predicted molar refractivity (Wildman–Crippen MR) is 216 cm³/mol. The second kappa shape index (κ2) is 12.2. The summed E-state index contributed by atoms with van der Waals surface area (Å²) >= 11 is 0. The van der Waals surface area contributed by atoms with E-state index in [9.17, 15) is 0 Å². The van der Waals surface area contributed by atoms with Crippen molar-refractivity contribution in [1.29, 1.82) is 0 Å². The minimum absolute atomic E-state index is 0.421. The molecule has 0 amide bonds. The number of benzene rings is 7. The first kappa shape index (κ1) is 30.0. The third-order valence-electron chi connectivity index (χ3n) is 10.8. The van der Waals surface area contributed by atoms with E-state index >= 15 is 0 Å². The summed E-state index contributed by atoms with van der Waals surface area (Å²) in [5, 5.41) is 0. The van der Waals surface area contributed by atoms with Gasteiger partial charge in [0.1, 0.15) is 0 Å². The molecule has 1 atom stereocenters. The van der Waals surface area contributed by atoms with Crippen LogP contribution in [0.5, 0.6) is 0 Å². The molecule has 0 saturated heterocycles. The first-order valence-corrected chi connectivity index (χ1v) is 17.9. The van der Waals surface area contributed by atoms with Crippen LogP contribution in [0.15, 0.2) is 200 Å². The Balaban J connectivity index is 1.15. The van der Waals surface area contributed by atoms with Gasteiger partial charge in [0.15, 0.2) is 0 Å². The number of hydrogen-bond donors (Lipinski definition) is 0. The number of nitrogens with zero attached hydrogens (tertiary/aromatic N) is 2. The molecule has 3 aliphatic carbocycles. The molecule has 0 bridgehead atoms. The van der Waals surface area contributed by atoms with Crippen LogP contribution < -0.4 is 9.80 Å². The van der Waals surface area contributed by atoms with Crippen LogP contribution in [0.2, 0.25) is 0 Å². The smallest absolute Gasteiger partial charge is 0.0698 e. The first-order chi connectivity index (χ1) is 25.8. The number of rotatable bonds is 6. The molecule has 0 saturated carbocycles. The number of allylic oxidation sites excluding steroid dienone is 4. The van der Waals surface area contributed by atoms with Crippen LogP contribution in [0.25, 0.3) is 16.7 Å². The summed E-state index contributed by atoms with van der Waals surface area (Å²) in [6.07, 6.45) is 4.98. The summed E-state index contributed by atoms with van der Waals surface area (Å²) in [6, 6.07) is 65.9. The fourth-order valence-electron chi connectivity index (χ4n) is 8.71. The van der Waals surface area contributed by atoms with Gasteiger partial charge in [-0.15, -0.1) is 0 Å². The Kier molecular flexibility index (Phi) is 7.05. The Morgan fingerprint density at radius 3 is 1.44 bits per heavy atom. The molecular formula is C50H34N2. The second-order valence-electron chi connectivity index (χ2n) is 13.5. The molecule has 3 aliphatic rings. The minimum Gasteiger partial charge on any atom is -0.311 e. The molecule has 10 rings (SSSR count). The van der Waals surface area contributed by atoms with E-state index < -0.39 is 5.41 Å². The Labute approximate surface area is 305 Å². The first-order valence-electron chi connectivity index (χ1n) is 17.9. The average molecular weight is 663 g/mol. The van der Waals surface area contributed by atoms with Crippen LogP contribution in [0.4, 0.5) is 34.1 Å². The molecule has 0 aliphatic heterocycles. The molecule has 7 aromatic rings. The van der Waals surface area contributed by atoms with E-state index in [0.717, 1.165) is 40.5 Å². The highest BCUT2D eigenvalue weighted by Crippen LogP contribution is 2.63. The van der Waals surface area contributed by atoms with Crippen molar-refractivity contribution in [1.82, 2.24) is 0 Å². The highest BCUT2D eigenvalue weighted by molar-refractivity contribution is 5.98. The van der Waals surface area contributed by atoms with Gasteiger partial charge < -0.3 is 9.80 Å². The van der Waals surface area contributed by atoms with E-state index in [4.69, 9.17) is 0 Å². The fourth-order valence-corrected chi connectivity index (χ4v) is 8.71. The second-order valence-corrected chi connectivity index (χ2v) is 13.5. The molecule has 1 spiro atoms. The van der Waals surface area contributed by atoms with Gasteiger partial charge in [-0.05, 0) is 129 Å². The molecule has 0 heterocycles. The average Bonchev–Trinajstić information content (AvgIpc) is 3.51. The van der Waals surface area contributed by atoms with E-state index in [-0.39, 0.29) is 0 Å². The summed E-state index contributed by atoms with van der Waals surface area (Å²) in [7, 11) is 0. The van der Waals surface area contributed by atoms with Gasteiger partial charge >= 0.3 is 0 Å². The predicted octanol–water partition coefficient (Wildman–Crippen LogP) is 12.7. The van der Waals surface area contributed by atoms with Gasteiger partial charge in [0.05, 0.1) is 5.41 Å². The highest BCUT2D eigenvalue weighted by Gasteiger charge is 2.52. The summed E-state index contributed by atoms with van der Waals surface area (Å²) in [5.74, 6) is 6.77. The van der Waals surface area contributed by atoms with Crippen molar-refractivity contribution in [3.63, 3.8) is 0 Å². The lowest BCUT2D eigenvalue weighted by atomic mass is 9.69. The van der Waals surface area contributed by atoms with Gasteiger partial charge in [-0.1, -0.05) is 121 Å². The lowest BCUT2D eigenvalue weighted by Gasteiger charge is -2.33. The highest BCUT2D eigenvalue weighted by atomic mass is 15.2. The Morgan fingerprint density at radius 1 is 0.404 bits per heavy atom.